The van der Waals surface area contributed by atoms with Gasteiger partial charge in [0.15, 0.2) is 0 Å². The molecular formula is C11H5F6NO3. The first kappa shape index (κ1) is 16.6. The van der Waals surface area contributed by atoms with Gasteiger partial charge >= 0.3 is 18.5 Å². The van der Waals surface area contributed by atoms with Crippen LogP contribution in [0.4, 0.5) is 26.3 Å². The molecule has 0 fully saturated rings. The Morgan fingerprint density at radius 1 is 1.19 bits per heavy atom. The summed E-state index contributed by atoms with van der Waals surface area (Å²) in [4.78, 5) is 11.3. The van der Waals surface area contributed by atoms with Crippen LogP contribution in [0, 0.1) is 11.3 Å². The Labute approximate surface area is 113 Å². The molecule has 0 bridgehead atoms. The normalized spacial score (nSPS) is 11.7. The summed E-state index contributed by atoms with van der Waals surface area (Å²) in [6, 6.07) is 1.53. The molecule has 0 saturated heterocycles. The molecule has 0 unspecified atom stereocenters. The van der Waals surface area contributed by atoms with Crippen LogP contribution < -0.4 is 4.74 Å². The fourth-order valence-electron chi connectivity index (χ4n) is 1.38. The van der Waals surface area contributed by atoms with Crippen LogP contribution in [0.25, 0.3) is 0 Å². The molecule has 0 spiro atoms. The summed E-state index contributed by atoms with van der Waals surface area (Å²) >= 11 is 0. The van der Waals surface area contributed by atoms with Gasteiger partial charge in [0.2, 0.25) is 0 Å². The summed E-state index contributed by atoms with van der Waals surface area (Å²) in [5, 5.41) is 8.69. The number of ether oxygens (including phenoxy) is 2. The Morgan fingerprint density at radius 3 is 2.14 bits per heavy atom. The predicted molar refractivity (Wildman–Crippen MR) is 54.2 cm³/mol. The van der Waals surface area contributed by atoms with Crippen LogP contribution in [-0.2, 0) is 10.9 Å². The quantitative estimate of drug-likeness (QED) is 0.621. The summed E-state index contributed by atoms with van der Waals surface area (Å²) in [6.45, 7) is 0. The topological polar surface area (TPSA) is 59.3 Å². The number of halogens is 6. The molecule has 0 amide bonds. The van der Waals surface area contributed by atoms with E-state index in [2.05, 4.69) is 9.47 Å². The first-order valence-electron chi connectivity index (χ1n) is 4.99. The van der Waals surface area contributed by atoms with E-state index >= 15 is 0 Å². The van der Waals surface area contributed by atoms with E-state index in [1.807, 2.05) is 0 Å². The van der Waals surface area contributed by atoms with Crippen molar-refractivity contribution in [2.45, 2.75) is 12.5 Å². The van der Waals surface area contributed by atoms with E-state index in [0.29, 0.717) is 0 Å². The van der Waals surface area contributed by atoms with Gasteiger partial charge in [0.05, 0.1) is 23.8 Å². The Morgan fingerprint density at radius 2 is 1.76 bits per heavy atom. The zero-order valence-electron chi connectivity index (χ0n) is 10.1. The van der Waals surface area contributed by atoms with E-state index in [-0.39, 0.29) is 12.1 Å². The van der Waals surface area contributed by atoms with Gasteiger partial charge in [0.25, 0.3) is 0 Å². The van der Waals surface area contributed by atoms with Crippen LogP contribution in [0.1, 0.15) is 21.5 Å². The number of nitrogens with zero attached hydrogens (tertiary/aromatic N) is 1. The van der Waals surface area contributed by atoms with E-state index in [1.54, 1.807) is 0 Å². The van der Waals surface area contributed by atoms with Gasteiger partial charge in [-0.05, 0) is 12.1 Å². The van der Waals surface area contributed by atoms with Gasteiger partial charge in [-0.2, -0.15) is 18.4 Å². The minimum absolute atomic E-state index is 0.0906. The zero-order valence-corrected chi connectivity index (χ0v) is 10.1. The molecule has 114 valence electrons. The number of benzene rings is 1. The third kappa shape index (κ3) is 4.01. The van der Waals surface area contributed by atoms with Gasteiger partial charge in [0.1, 0.15) is 11.8 Å². The van der Waals surface area contributed by atoms with E-state index in [0.717, 1.165) is 7.11 Å². The number of hydrogen-bond acceptors (Lipinski definition) is 4. The zero-order chi connectivity index (χ0) is 16.4. The molecule has 0 aliphatic heterocycles. The summed E-state index contributed by atoms with van der Waals surface area (Å²) in [7, 11) is 0.853. The molecule has 0 atom stereocenters. The molecule has 21 heavy (non-hydrogen) atoms. The Kier molecular flexibility index (Phi) is 4.36. The highest BCUT2D eigenvalue weighted by atomic mass is 19.4. The van der Waals surface area contributed by atoms with Crippen LogP contribution in [0.2, 0.25) is 0 Å². The van der Waals surface area contributed by atoms with Crippen molar-refractivity contribution in [3.8, 4) is 11.8 Å². The second-order valence-corrected chi connectivity index (χ2v) is 3.54. The van der Waals surface area contributed by atoms with Gasteiger partial charge in [0, 0.05) is 0 Å². The largest absolute Gasteiger partial charge is 0.573 e. The van der Waals surface area contributed by atoms with Crippen LogP contribution in [0.5, 0.6) is 5.75 Å². The molecule has 0 aromatic heterocycles. The van der Waals surface area contributed by atoms with Crippen molar-refractivity contribution in [1.29, 1.82) is 5.26 Å². The molecule has 0 radical (unpaired) electrons. The maximum atomic E-state index is 12.7. The maximum absolute atomic E-state index is 12.7. The standard InChI is InChI=1S/C11H5F6NO3/c1-20-9(19)6-3-8(21-11(15,16)17)7(10(12,13)14)2-5(6)4-18/h2-3H,1H3. The van der Waals surface area contributed by atoms with E-state index in [9.17, 15) is 31.1 Å². The predicted octanol–water partition coefficient (Wildman–Crippen LogP) is 3.26. The van der Waals surface area contributed by atoms with Gasteiger partial charge in [-0.3, -0.25) is 0 Å². The molecule has 1 rings (SSSR count). The summed E-state index contributed by atoms with van der Waals surface area (Å²) in [5.41, 5.74) is -3.39. The van der Waals surface area contributed by atoms with Crippen molar-refractivity contribution in [3.05, 3.63) is 28.8 Å². The van der Waals surface area contributed by atoms with Crippen molar-refractivity contribution in [3.63, 3.8) is 0 Å². The van der Waals surface area contributed by atoms with Crippen LogP contribution in [0.15, 0.2) is 12.1 Å². The number of methoxy groups -OCH3 is 1. The fourth-order valence-corrected chi connectivity index (χ4v) is 1.38. The molecule has 0 heterocycles. The second-order valence-electron chi connectivity index (χ2n) is 3.54. The number of hydrogen-bond donors (Lipinski definition) is 0. The van der Waals surface area contributed by atoms with Crippen LogP contribution in [0.3, 0.4) is 0 Å². The Balaban J connectivity index is 3.58. The van der Waals surface area contributed by atoms with Crippen molar-refractivity contribution in [2.24, 2.45) is 0 Å². The van der Waals surface area contributed by atoms with E-state index in [1.165, 1.54) is 6.07 Å². The van der Waals surface area contributed by atoms with Crippen molar-refractivity contribution in [1.82, 2.24) is 0 Å². The molecule has 0 saturated carbocycles. The molecule has 0 aliphatic rings. The van der Waals surface area contributed by atoms with Crippen molar-refractivity contribution in [2.75, 3.05) is 7.11 Å². The number of carbonyl (C=O) groups excluding carboxylic acids is 1. The number of alkyl halides is 6. The molecule has 4 nitrogen and oxygen atoms in total. The van der Waals surface area contributed by atoms with Gasteiger partial charge in [-0.1, -0.05) is 0 Å². The molecule has 10 heteroatoms. The fraction of sp³-hybridized carbons (Fsp3) is 0.273. The SMILES string of the molecule is COC(=O)c1cc(OC(F)(F)F)c(C(F)(F)F)cc1C#N. The van der Waals surface area contributed by atoms with E-state index < -0.39 is 40.9 Å². The highest BCUT2D eigenvalue weighted by molar-refractivity contribution is 5.93. The summed E-state index contributed by atoms with van der Waals surface area (Å²) in [6.07, 6.45) is -10.6. The van der Waals surface area contributed by atoms with Gasteiger partial charge in [-0.25, -0.2) is 4.79 Å². The first-order valence-corrected chi connectivity index (χ1v) is 4.99. The highest BCUT2D eigenvalue weighted by Gasteiger charge is 2.40. The lowest BCUT2D eigenvalue weighted by atomic mass is 10.0. The average Bonchev–Trinajstić information content (AvgIpc) is 2.34. The van der Waals surface area contributed by atoms with Crippen molar-refractivity contribution < 1.29 is 40.6 Å². The molecule has 0 aliphatic carbocycles. The number of nitriles is 1. The lowest BCUT2D eigenvalue weighted by Gasteiger charge is -2.16. The maximum Gasteiger partial charge on any atom is 0.573 e. The highest BCUT2D eigenvalue weighted by Crippen LogP contribution is 2.40. The molecular weight excluding hydrogens is 308 g/mol. The third-order valence-corrected chi connectivity index (χ3v) is 2.18. The summed E-state index contributed by atoms with van der Waals surface area (Å²) < 4.78 is 81.9. The van der Waals surface area contributed by atoms with Gasteiger partial charge < -0.3 is 9.47 Å². The molecule has 0 N–H and O–H groups in total. The van der Waals surface area contributed by atoms with Crippen molar-refractivity contribution >= 4 is 5.97 Å². The lowest BCUT2D eigenvalue weighted by Crippen LogP contribution is -2.21. The summed E-state index contributed by atoms with van der Waals surface area (Å²) in [5.74, 6) is -2.92. The first-order chi connectivity index (χ1) is 9.49. The Bertz CT molecular complexity index is 600. The number of rotatable bonds is 2. The smallest absolute Gasteiger partial charge is 0.465 e. The number of esters is 1. The average molecular weight is 313 g/mol. The Hall–Kier alpha value is -2.44. The lowest BCUT2D eigenvalue weighted by molar-refractivity contribution is -0.276. The monoisotopic (exact) mass is 313 g/mol. The van der Waals surface area contributed by atoms with Gasteiger partial charge in [-0.15, -0.1) is 13.2 Å². The second kappa shape index (κ2) is 5.51. The third-order valence-electron chi connectivity index (χ3n) is 2.18. The minimum Gasteiger partial charge on any atom is -0.465 e. The van der Waals surface area contributed by atoms with Crippen LogP contribution >= 0.6 is 0 Å². The molecule has 1 aromatic carbocycles. The van der Waals surface area contributed by atoms with E-state index in [4.69, 9.17) is 5.26 Å². The minimum atomic E-state index is -5.40. The molecule has 1 aromatic rings. The van der Waals surface area contributed by atoms with Crippen LogP contribution in [-0.4, -0.2) is 19.4 Å². The number of carbonyl (C=O) groups is 1.